The second kappa shape index (κ2) is 5.89. The molecule has 0 amide bonds. The lowest BCUT2D eigenvalue weighted by Crippen LogP contribution is -2.30. The molecule has 1 rings (SSSR count). The molecule has 4 heteroatoms. The Morgan fingerprint density at radius 1 is 1.41 bits per heavy atom. The SMILES string of the molecule is C[S+](OC(C=O)c1cccc(Cl)c1)C(C)(C)C. The zero-order valence-electron chi connectivity index (χ0n) is 10.6. The van der Waals surface area contributed by atoms with Crippen molar-refractivity contribution in [3.63, 3.8) is 0 Å². The van der Waals surface area contributed by atoms with Crippen molar-refractivity contribution in [3.05, 3.63) is 34.9 Å². The van der Waals surface area contributed by atoms with Crippen molar-refractivity contribution in [1.29, 1.82) is 0 Å². The molecule has 0 aliphatic heterocycles. The first-order valence-electron chi connectivity index (χ1n) is 5.38. The van der Waals surface area contributed by atoms with E-state index in [2.05, 4.69) is 20.8 Å². The van der Waals surface area contributed by atoms with Gasteiger partial charge >= 0.3 is 0 Å². The molecule has 0 aromatic heterocycles. The summed E-state index contributed by atoms with van der Waals surface area (Å²) in [6.07, 6.45) is 2.28. The van der Waals surface area contributed by atoms with Crippen LogP contribution in [0.4, 0.5) is 0 Å². The van der Waals surface area contributed by atoms with Gasteiger partial charge < -0.3 is 0 Å². The average Bonchev–Trinajstić information content (AvgIpc) is 2.24. The quantitative estimate of drug-likeness (QED) is 0.619. The fourth-order valence-corrected chi connectivity index (χ4v) is 2.10. The summed E-state index contributed by atoms with van der Waals surface area (Å²) in [5.74, 6) is 0. The Bertz CT molecular complexity index is 387. The van der Waals surface area contributed by atoms with E-state index in [4.69, 9.17) is 15.8 Å². The van der Waals surface area contributed by atoms with Crippen molar-refractivity contribution in [2.45, 2.75) is 31.6 Å². The molecule has 94 valence electrons. The van der Waals surface area contributed by atoms with Gasteiger partial charge in [-0.05, 0) is 38.5 Å². The molecular formula is C13H18ClO2S+. The second-order valence-corrected chi connectivity index (χ2v) is 7.54. The fourth-order valence-electron chi connectivity index (χ4n) is 1.14. The van der Waals surface area contributed by atoms with E-state index in [1.54, 1.807) is 12.1 Å². The maximum absolute atomic E-state index is 11.1. The maximum atomic E-state index is 11.1. The van der Waals surface area contributed by atoms with Gasteiger partial charge in [-0.3, -0.25) is 4.79 Å². The van der Waals surface area contributed by atoms with Gasteiger partial charge in [0.25, 0.3) is 0 Å². The monoisotopic (exact) mass is 273 g/mol. The summed E-state index contributed by atoms with van der Waals surface area (Å²) in [5, 5.41) is 0.615. The van der Waals surface area contributed by atoms with Gasteiger partial charge in [-0.2, -0.15) is 4.18 Å². The summed E-state index contributed by atoms with van der Waals surface area (Å²) in [5.41, 5.74) is 0.802. The van der Waals surface area contributed by atoms with Crippen molar-refractivity contribution in [2.24, 2.45) is 0 Å². The van der Waals surface area contributed by atoms with Crippen molar-refractivity contribution < 1.29 is 8.98 Å². The molecule has 2 atom stereocenters. The highest BCUT2D eigenvalue weighted by Crippen LogP contribution is 2.26. The summed E-state index contributed by atoms with van der Waals surface area (Å²) in [7, 11) is 0. The molecule has 1 aromatic rings. The summed E-state index contributed by atoms with van der Waals surface area (Å²) in [6, 6.07) is 7.22. The summed E-state index contributed by atoms with van der Waals surface area (Å²) in [6.45, 7) is 6.28. The molecule has 0 spiro atoms. The van der Waals surface area contributed by atoms with E-state index in [0.717, 1.165) is 11.8 Å². The first kappa shape index (κ1) is 14.6. The maximum Gasteiger partial charge on any atom is 0.194 e. The van der Waals surface area contributed by atoms with E-state index in [-0.39, 0.29) is 15.9 Å². The highest BCUT2D eigenvalue weighted by Gasteiger charge is 2.35. The fraction of sp³-hybridized carbons (Fsp3) is 0.462. The van der Waals surface area contributed by atoms with E-state index in [0.29, 0.717) is 5.02 Å². The first-order valence-corrected chi connectivity index (χ1v) is 7.32. The molecule has 0 N–H and O–H groups in total. The van der Waals surface area contributed by atoms with Gasteiger partial charge in [0.05, 0.1) is 0 Å². The predicted molar refractivity (Wildman–Crippen MR) is 74.4 cm³/mol. The van der Waals surface area contributed by atoms with Gasteiger partial charge in [0.1, 0.15) is 6.26 Å². The molecule has 0 saturated carbocycles. The van der Waals surface area contributed by atoms with Crippen molar-refractivity contribution in [3.8, 4) is 0 Å². The third-order valence-electron chi connectivity index (χ3n) is 2.41. The Hall–Kier alpha value is -0.510. The molecule has 0 aliphatic carbocycles. The number of benzene rings is 1. The number of carbonyl (C=O) groups excluding carboxylic acids is 1. The van der Waals surface area contributed by atoms with Crippen LogP contribution in [-0.2, 0) is 20.2 Å². The number of hydrogen-bond donors (Lipinski definition) is 0. The number of carbonyl (C=O) groups is 1. The first-order chi connectivity index (χ1) is 7.84. The van der Waals surface area contributed by atoms with E-state index in [1.807, 2.05) is 18.4 Å². The Kier molecular flexibility index (Phi) is 5.04. The van der Waals surface area contributed by atoms with Crippen LogP contribution >= 0.6 is 11.6 Å². The van der Waals surface area contributed by atoms with Crippen LogP contribution in [0.5, 0.6) is 0 Å². The summed E-state index contributed by atoms with van der Waals surface area (Å²) < 4.78 is 5.83. The molecule has 0 radical (unpaired) electrons. The van der Waals surface area contributed by atoms with E-state index in [1.165, 1.54) is 0 Å². The minimum atomic E-state index is -0.541. The average molecular weight is 274 g/mol. The molecule has 0 fully saturated rings. The van der Waals surface area contributed by atoms with Crippen LogP contribution in [0.3, 0.4) is 0 Å². The molecule has 17 heavy (non-hydrogen) atoms. The van der Waals surface area contributed by atoms with Gasteiger partial charge in [-0.25, -0.2) is 0 Å². The molecule has 0 aliphatic rings. The van der Waals surface area contributed by atoms with Crippen LogP contribution in [0.2, 0.25) is 5.02 Å². The molecule has 0 bridgehead atoms. The lowest BCUT2D eigenvalue weighted by atomic mass is 10.1. The normalized spacial score (nSPS) is 15.4. The Morgan fingerprint density at radius 3 is 2.53 bits per heavy atom. The van der Waals surface area contributed by atoms with Gasteiger partial charge in [0, 0.05) is 5.02 Å². The number of rotatable bonds is 4. The van der Waals surface area contributed by atoms with E-state index >= 15 is 0 Å². The molecule has 2 unspecified atom stereocenters. The lowest BCUT2D eigenvalue weighted by molar-refractivity contribution is -0.113. The van der Waals surface area contributed by atoms with Crippen molar-refractivity contribution >= 4 is 29.1 Å². The Labute approximate surface area is 111 Å². The highest BCUT2D eigenvalue weighted by atomic mass is 35.5. The van der Waals surface area contributed by atoms with Gasteiger partial charge in [-0.1, -0.05) is 23.7 Å². The third kappa shape index (κ3) is 4.34. The largest absolute Gasteiger partial charge is 0.300 e. The summed E-state index contributed by atoms with van der Waals surface area (Å²) in [4.78, 5) is 11.1. The molecule has 0 saturated heterocycles. The Morgan fingerprint density at radius 2 is 2.06 bits per heavy atom. The second-order valence-electron chi connectivity index (χ2n) is 4.77. The number of hydrogen-bond acceptors (Lipinski definition) is 2. The zero-order chi connectivity index (χ0) is 13.1. The molecular weight excluding hydrogens is 256 g/mol. The lowest BCUT2D eigenvalue weighted by Gasteiger charge is -2.18. The van der Waals surface area contributed by atoms with E-state index in [9.17, 15) is 4.79 Å². The number of aldehydes is 1. The molecule has 2 nitrogen and oxygen atoms in total. The molecule has 1 aromatic carbocycles. The minimum Gasteiger partial charge on any atom is -0.300 e. The molecule has 0 heterocycles. The van der Waals surface area contributed by atoms with Crippen LogP contribution < -0.4 is 0 Å². The van der Waals surface area contributed by atoms with Gasteiger partial charge in [0.15, 0.2) is 28.3 Å². The number of halogens is 1. The van der Waals surface area contributed by atoms with Gasteiger partial charge in [-0.15, -0.1) is 0 Å². The topological polar surface area (TPSA) is 26.3 Å². The van der Waals surface area contributed by atoms with Gasteiger partial charge in [0.2, 0.25) is 0 Å². The van der Waals surface area contributed by atoms with Crippen molar-refractivity contribution in [2.75, 3.05) is 6.26 Å². The van der Waals surface area contributed by atoms with Crippen LogP contribution in [0.1, 0.15) is 32.4 Å². The predicted octanol–water partition coefficient (Wildman–Crippen LogP) is 3.56. The van der Waals surface area contributed by atoms with E-state index < -0.39 is 6.10 Å². The van der Waals surface area contributed by atoms with Crippen molar-refractivity contribution in [1.82, 2.24) is 0 Å². The standard InChI is InChI=1S/C13H18ClO2S/c1-13(2,3)17(4)16-12(9-15)10-6-5-7-11(14)8-10/h5-9,12H,1-4H3/q+1. The summed E-state index contributed by atoms with van der Waals surface area (Å²) >= 11 is 5.60. The van der Waals surface area contributed by atoms with Crippen LogP contribution in [0.25, 0.3) is 0 Å². The van der Waals surface area contributed by atoms with Crippen LogP contribution in [0, 0.1) is 0 Å². The highest BCUT2D eigenvalue weighted by molar-refractivity contribution is 7.93. The third-order valence-corrected chi connectivity index (χ3v) is 4.87. The smallest absolute Gasteiger partial charge is 0.194 e. The zero-order valence-corrected chi connectivity index (χ0v) is 12.1. The van der Waals surface area contributed by atoms with Crippen LogP contribution in [0.15, 0.2) is 24.3 Å². The Balaban J connectivity index is 2.83. The van der Waals surface area contributed by atoms with Crippen LogP contribution in [-0.4, -0.2) is 17.3 Å². The minimum absolute atomic E-state index is 0.0276.